The fourth-order valence-corrected chi connectivity index (χ4v) is 4.86. The zero-order valence-electron chi connectivity index (χ0n) is 18.3. The first-order valence-electron chi connectivity index (χ1n) is 10.7. The lowest BCUT2D eigenvalue weighted by molar-refractivity contribution is -0.384. The zero-order valence-corrected chi connectivity index (χ0v) is 18.3. The van der Waals surface area contributed by atoms with E-state index in [1.165, 1.54) is 60.6 Å². The maximum atomic E-state index is 13.6. The van der Waals surface area contributed by atoms with Crippen molar-refractivity contribution < 1.29 is 28.8 Å². The number of nitrogens with zero attached hydrogens (tertiary/aromatic N) is 4. The number of fused-ring (bicyclic) bond motifs is 3. The molecule has 2 saturated heterocycles. The van der Waals surface area contributed by atoms with Gasteiger partial charge in [-0.15, -0.1) is 0 Å². The number of rotatable bonds is 5. The van der Waals surface area contributed by atoms with Crippen LogP contribution in [0.2, 0.25) is 0 Å². The summed E-state index contributed by atoms with van der Waals surface area (Å²) in [5.74, 6) is -3.73. The van der Waals surface area contributed by atoms with Gasteiger partial charge in [-0.3, -0.25) is 34.3 Å². The van der Waals surface area contributed by atoms with Gasteiger partial charge in [0.15, 0.2) is 5.78 Å². The minimum Gasteiger partial charge on any atom is -0.427 e. The number of ketones is 1. The molecule has 2 aromatic carbocycles. The summed E-state index contributed by atoms with van der Waals surface area (Å²) in [6.07, 6.45) is 4.82. The Morgan fingerprint density at radius 2 is 1.77 bits per heavy atom. The number of esters is 1. The van der Waals surface area contributed by atoms with E-state index >= 15 is 0 Å². The highest BCUT2D eigenvalue weighted by atomic mass is 16.6. The molecule has 2 amide bonds. The fourth-order valence-electron chi connectivity index (χ4n) is 4.86. The number of benzene rings is 2. The van der Waals surface area contributed by atoms with Crippen LogP contribution in [0.5, 0.6) is 5.75 Å². The molecule has 4 atom stereocenters. The van der Waals surface area contributed by atoms with E-state index in [2.05, 4.69) is 5.10 Å². The maximum Gasteiger partial charge on any atom is 0.308 e. The van der Waals surface area contributed by atoms with Crippen LogP contribution in [0.1, 0.15) is 17.3 Å². The summed E-state index contributed by atoms with van der Waals surface area (Å²) < 4.78 is 5.00. The van der Waals surface area contributed by atoms with Crippen LogP contribution in [0.4, 0.5) is 11.4 Å². The van der Waals surface area contributed by atoms with Gasteiger partial charge in [0.05, 0.1) is 28.5 Å². The minimum atomic E-state index is -1.12. The van der Waals surface area contributed by atoms with Crippen molar-refractivity contribution in [2.75, 3.05) is 4.90 Å². The maximum absolute atomic E-state index is 13.6. The topological polar surface area (TPSA) is 139 Å². The van der Waals surface area contributed by atoms with E-state index in [0.717, 1.165) is 11.0 Å². The van der Waals surface area contributed by atoms with Crippen LogP contribution in [0.15, 0.2) is 65.8 Å². The highest BCUT2D eigenvalue weighted by Gasteiger charge is 2.64. The van der Waals surface area contributed by atoms with Crippen molar-refractivity contribution in [1.82, 2.24) is 5.01 Å². The lowest BCUT2D eigenvalue weighted by Crippen LogP contribution is -2.46. The van der Waals surface area contributed by atoms with Gasteiger partial charge in [0.25, 0.3) is 5.69 Å². The molecule has 3 aliphatic rings. The van der Waals surface area contributed by atoms with Crippen molar-refractivity contribution >= 4 is 41.2 Å². The molecular formula is C24H18N4O7. The molecule has 176 valence electrons. The summed E-state index contributed by atoms with van der Waals surface area (Å²) in [5, 5.41) is 16.9. The molecule has 0 aromatic heterocycles. The molecule has 0 unspecified atom stereocenters. The van der Waals surface area contributed by atoms with Gasteiger partial charge in [-0.2, -0.15) is 5.10 Å². The Morgan fingerprint density at radius 1 is 1.06 bits per heavy atom. The first-order valence-corrected chi connectivity index (χ1v) is 10.7. The Bertz CT molecular complexity index is 1330. The number of amides is 2. The molecular weight excluding hydrogens is 456 g/mol. The van der Waals surface area contributed by atoms with E-state index in [0.29, 0.717) is 0 Å². The second-order valence-corrected chi connectivity index (χ2v) is 8.29. The second kappa shape index (κ2) is 8.28. The first-order chi connectivity index (χ1) is 16.8. The van der Waals surface area contributed by atoms with Crippen LogP contribution in [-0.4, -0.2) is 51.8 Å². The molecule has 0 radical (unpaired) electrons. The molecule has 0 aliphatic carbocycles. The second-order valence-electron chi connectivity index (χ2n) is 8.29. The van der Waals surface area contributed by atoms with Crippen molar-refractivity contribution in [3.8, 4) is 5.75 Å². The fraction of sp³-hybridized carbons (Fsp3) is 0.208. The van der Waals surface area contributed by atoms with Crippen LogP contribution >= 0.6 is 0 Å². The molecule has 11 nitrogen and oxygen atoms in total. The first kappa shape index (κ1) is 22.1. The van der Waals surface area contributed by atoms with E-state index in [1.54, 1.807) is 12.2 Å². The Hall–Kier alpha value is -4.67. The number of hydrazone groups is 1. The SMILES string of the molecule is CC(=O)Oc1ccc(N2C(=O)[C@@H]3[C@H](C2=O)[C@@H](C(=O)c2cccc([N+](=O)[O-])c2)N2N=CC=C[C@H]32)cc1. The van der Waals surface area contributed by atoms with Crippen LogP contribution in [0, 0.1) is 22.0 Å². The number of carbonyl (C=O) groups is 4. The van der Waals surface area contributed by atoms with Crippen LogP contribution in [0.25, 0.3) is 0 Å². The minimum absolute atomic E-state index is 0.0535. The predicted molar refractivity (Wildman–Crippen MR) is 122 cm³/mol. The number of carbonyl (C=O) groups excluding carboxylic acids is 4. The summed E-state index contributed by atoms with van der Waals surface area (Å²) in [4.78, 5) is 63.4. The molecule has 35 heavy (non-hydrogen) atoms. The van der Waals surface area contributed by atoms with E-state index < -0.39 is 52.4 Å². The van der Waals surface area contributed by atoms with Crippen molar-refractivity contribution in [2.45, 2.75) is 19.0 Å². The molecule has 2 fully saturated rings. The molecule has 2 aromatic rings. The third-order valence-corrected chi connectivity index (χ3v) is 6.26. The summed E-state index contributed by atoms with van der Waals surface area (Å²) in [7, 11) is 0. The summed E-state index contributed by atoms with van der Waals surface area (Å²) in [5.41, 5.74) is 0.0757. The van der Waals surface area contributed by atoms with Crippen molar-refractivity contribution in [3.63, 3.8) is 0 Å². The number of ether oxygens (including phenoxy) is 1. The van der Waals surface area contributed by atoms with E-state index in [4.69, 9.17) is 4.74 Å². The van der Waals surface area contributed by atoms with E-state index in [-0.39, 0.29) is 22.7 Å². The number of non-ortho nitro benzene ring substituents is 1. The van der Waals surface area contributed by atoms with Crippen LogP contribution < -0.4 is 9.64 Å². The number of nitro groups is 1. The van der Waals surface area contributed by atoms with Gasteiger partial charge in [0.1, 0.15) is 11.8 Å². The normalized spacial score (nSPS) is 24.4. The number of nitro benzene ring substituents is 1. The number of allylic oxidation sites excluding steroid dienone is 1. The van der Waals surface area contributed by atoms with Gasteiger partial charge in [-0.05, 0) is 30.3 Å². The third kappa shape index (κ3) is 3.57. The Morgan fingerprint density at radius 3 is 2.46 bits per heavy atom. The molecule has 0 bridgehead atoms. The lowest BCUT2D eigenvalue weighted by atomic mass is 9.86. The Labute approximate surface area is 198 Å². The molecule has 3 heterocycles. The van der Waals surface area contributed by atoms with Gasteiger partial charge >= 0.3 is 5.97 Å². The van der Waals surface area contributed by atoms with Gasteiger partial charge in [0, 0.05) is 30.8 Å². The van der Waals surface area contributed by atoms with Crippen LogP contribution in [-0.2, 0) is 14.4 Å². The monoisotopic (exact) mass is 474 g/mol. The standard InChI is InChI=1S/C24H18N4O7/c1-13(29)35-17-9-7-15(8-10-17)26-23(31)19-18-6-3-11-25-27(18)21(20(19)24(26)32)22(30)14-4-2-5-16(12-14)28(33)34/h2-12,18-21H,1H3/t18-,19+,20+,21+/m1/s1. The smallest absolute Gasteiger partial charge is 0.308 e. The van der Waals surface area contributed by atoms with E-state index in [1.807, 2.05) is 0 Å². The van der Waals surface area contributed by atoms with Gasteiger partial charge in [-0.25, -0.2) is 4.90 Å². The summed E-state index contributed by atoms with van der Waals surface area (Å²) in [6.45, 7) is 1.26. The summed E-state index contributed by atoms with van der Waals surface area (Å²) in [6, 6.07) is 9.42. The lowest BCUT2D eigenvalue weighted by Gasteiger charge is -2.30. The Balaban J connectivity index is 1.52. The van der Waals surface area contributed by atoms with Crippen molar-refractivity contribution in [2.24, 2.45) is 16.9 Å². The van der Waals surface area contributed by atoms with Crippen molar-refractivity contribution in [3.05, 3.63) is 76.4 Å². The van der Waals surface area contributed by atoms with Crippen LogP contribution in [0.3, 0.4) is 0 Å². The number of Topliss-reactive ketones (excluding diaryl/α,β-unsaturated/α-hetero) is 1. The molecule has 0 saturated carbocycles. The Kier molecular flexibility index (Phi) is 5.24. The zero-order chi connectivity index (χ0) is 24.9. The average Bonchev–Trinajstić information content (AvgIpc) is 3.31. The number of hydrogen-bond acceptors (Lipinski definition) is 9. The molecule has 0 spiro atoms. The average molecular weight is 474 g/mol. The van der Waals surface area contributed by atoms with E-state index in [9.17, 15) is 29.3 Å². The quantitative estimate of drug-likeness (QED) is 0.160. The molecule has 5 rings (SSSR count). The highest BCUT2D eigenvalue weighted by molar-refractivity contribution is 6.24. The number of hydrogen-bond donors (Lipinski definition) is 0. The number of anilines is 1. The van der Waals surface area contributed by atoms with Gasteiger partial charge in [-0.1, -0.05) is 18.2 Å². The van der Waals surface area contributed by atoms with Gasteiger partial charge in [0.2, 0.25) is 11.8 Å². The predicted octanol–water partition coefficient (Wildman–Crippen LogP) is 2.12. The van der Waals surface area contributed by atoms with Gasteiger partial charge < -0.3 is 4.74 Å². The van der Waals surface area contributed by atoms with Crippen molar-refractivity contribution in [1.29, 1.82) is 0 Å². The largest absolute Gasteiger partial charge is 0.427 e. The molecule has 3 aliphatic heterocycles. The third-order valence-electron chi connectivity index (χ3n) is 6.26. The summed E-state index contributed by atoms with van der Waals surface area (Å²) >= 11 is 0. The highest BCUT2D eigenvalue weighted by Crippen LogP contribution is 2.46. The molecule has 11 heteroatoms. The molecule has 0 N–H and O–H groups in total. The number of imide groups is 1.